The van der Waals surface area contributed by atoms with Crippen molar-refractivity contribution in [2.75, 3.05) is 0 Å². The number of nitrogens with one attached hydrogen (secondary N) is 2. The van der Waals surface area contributed by atoms with Crippen molar-refractivity contribution in [3.05, 3.63) is 35.9 Å². The van der Waals surface area contributed by atoms with Crippen molar-refractivity contribution in [1.29, 1.82) is 5.26 Å². The summed E-state index contributed by atoms with van der Waals surface area (Å²) in [6.45, 7) is 2.87. The number of hydrogen-bond acceptors (Lipinski definition) is 6. The van der Waals surface area contributed by atoms with Crippen molar-refractivity contribution in [2.24, 2.45) is 11.7 Å². The van der Waals surface area contributed by atoms with E-state index in [0.717, 1.165) is 5.56 Å². The number of nitrogens with two attached hydrogens (primary N) is 1. The Morgan fingerprint density at radius 3 is 2.37 bits per heavy atom. The molecule has 1 aromatic carbocycles. The maximum Gasteiger partial charge on any atom is 0.408 e. The van der Waals surface area contributed by atoms with Crippen LogP contribution in [0.4, 0.5) is 4.79 Å². The van der Waals surface area contributed by atoms with E-state index in [1.807, 2.05) is 12.1 Å². The summed E-state index contributed by atoms with van der Waals surface area (Å²) in [4.78, 5) is 35.8. The molecule has 9 heteroatoms. The number of aliphatic hydroxyl groups is 1. The Labute approximate surface area is 157 Å². The van der Waals surface area contributed by atoms with Gasteiger partial charge in [-0.15, -0.1) is 0 Å². The summed E-state index contributed by atoms with van der Waals surface area (Å²) in [5.74, 6) is -2.14. The lowest BCUT2D eigenvalue weighted by molar-refractivity contribution is -0.130. The van der Waals surface area contributed by atoms with Crippen LogP contribution in [0.5, 0.6) is 0 Å². The first-order valence-corrected chi connectivity index (χ1v) is 8.39. The lowest BCUT2D eigenvalue weighted by atomic mass is 10.0. The highest BCUT2D eigenvalue weighted by Gasteiger charge is 2.30. The first kappa shape index (κ1) is 21.9. The molecule has 0 spiro atoms. The number of carbonyl (C=O) groups is 3. The molecule has 0 saturated heterocycles. The summed E-state index contributed by atoms with van der Waals surface area (Å²) in [6, 6.07) is 8.41. The number of benzene rings is 1. The normalized spacial score (nSPS) is 14.7. The predicted molar refractivity (Wildman–Crippen MR) is 95.8 cm³/mol. The number of carbonyl (C=O) groups excluding carboxylic acids is 3. The highest BCUT2D eigenvalue weighted by molar-refractivity contribution is 5.91. The van der Waals surface area contributed by atoms with Gasteiger partial charge in [0.2, 0.25) is 11.8 Å². The Morgan fingerprint density at radius 2 is 1.85 bits per heavy atom. The highest BCUT2D eigenvalue weighted by atomic mass is 16.5. The Bertz CT molecular complexity index is 687. The fourth-order valence-electron chi connectivity index (χ4n) is 2.21. The molecule has 0 bridgehead atoms. The summed E-state index contributed by atoms with van der Waals surface area (Å²) in [7, 11) is 0. The van der Waals surface area contributed by atoms with Gasteiger partial charge < -0.3 is 26.2 Å². The van der Waals surface area contributed by atoms with Crippen LogP contribution in [-0.4, -0.2) is 41.2 Å². The van der Waals surface area contributed by atoms with Crippen molar-refractivity contribution < 1.29 is 24.2 Å². The van der Waals surface area contributed by atoms with Gasteiger partial charge in [-0.1, -0.05) is 30.3 Å². The van der Waals surface area contributed by atoms with Crippen LogP contribution in [0, 0.1) is 17.2 Å². The van der Waals surface area contributed by atoms with Gasteiger partial charge in [0.25, 0.3) is 0 Å². The molecule has 4 atom stereocenters. The van der Waals surface area contributed by atoms with E-state index in [1.165, 1.54) is 6.92 Å². The summed E-state index contributed by atoms with van der Waals surface area (Å²) < 4.78 is 5.02. The number of amides is 3. The smallest absolute Gasteiger partial charge is 0.408 e. The molecule has 146 valence electrons. The Morgan fingerprint density at radius 1 is 1.22 bits per heavy atom. The van der Waals surface area contributed by atoms with Crippen LogP contribution >= 0.6 is 0 Å². The zero-order valence-corrected chi connectivity index (χ0v) is 15.2. The van der Waals surface area contributed by atoms with Crippen LogP contribution in [0.1, 0.15) is 25.8 Å². The maximum absolute atomic E-state index is 12.3. The van der Waals surface area contributed by atoms with E-state index in [0.29, 0.717) is 0 Å². The third-order valence-electron chi connectivity index (χ3n) is 3.72. The molecule has 0 unspecified atom stereocenters. The van der Waals surface area contributed by atoms with E-state index in [4.69, 9.17) is 15.7 Å². The Hall–Kier alpha value is -3.12. The van der Waals surface area contributed by atoms with Gasteiger partial charge in [-0.2, -0.15) is 5.26 Å². The largest absolute Gasteiger partial charge is 0.445 e. The van der Waals surface area contributed by atoms with Crippen molar-refractivity contribution in [3.63, 3.8) is 0 Å². The summed E-state index contributed by atoms with van der Waals surface area (Å²) in [5.41, 5.74) is 5.99. The quantitative estimate of drug-likeness (QED) is 0.482. The van der Waals surface area contributed by atoms with Crippen molar-refractivity contribution in [2.45, 2.75) is 45.1 Å². The molecular formula is C18H24N4O5. The average molecular weight is 376 g/mol. The maximum atomic E-state index is 12.3. The van der Waals surface area contributed by atoms with E-state index in [2.05, 4.69) is 10.6 Å². The van der Waals surface area contributed by atoms with Crippen LogP contribution in [0.3, 0.4) is 0 Å². The van der Waals surface area contributed by atoms with E-state index < -0.39 is 42.0 Å². The van der Waals surface area contributed by atoms with Gasteiger partial charge in [0.15, 0.2) is 0 Å². The van der Waals surface area contributed by atoms with E-state index in [-0.39, 0.29) is 13.0 Å². The van der Waals surface area contributed by atoms with Gasteiger partial charge in [-0.3, -0.25) is 9.59 Å². The average Bonchev–Trinajstić information content (AvgIpc) is 2.64. The number of primary amides is 1. The second kappa shape index (κ2) is 10.8. The van der Waals surface area contributed by atoms with Gasteiger partial charge >= 0.3 is 6.09 Å². The van der Waals surface area contributed by atoms with Gasteiger partial charge in [0.05, 0.1) is 12.2 Å². The number of nitrogens with zero attached hydrogens (tertiary/aromatic N) is 1. The molecule has 1 rings (SSSR count). The van der Waals surface area contributed by atoms with Crippen molar-refractivity contribution in [1.82, 2.24) is 10.6 Å². The second-order valence-corrected chi connectivity index (χ2v) is 6.15. The van der Waals surface area contributed by atoms with E-state index >= 15 is 0 Å². The molecule has 0 aromatic heterocycles. The zero-order chi connectivity index (χ0) is 20.4. The number of ether oxygens (including phenoxy) is 1. The topological polar surface area (TPSA) is 155 Å². The molecule has 27 heavy (non-hydrogen) atoms. The first-order chi connectivity index (χ1) is 12.7. The van der Waals surface area contributed by atoms with Crippen LogP contribution in [-0.2, 0) is 20.9 Å². The summed E-state index contributed by atoms with van der Waals surface area (Å²) >= 11 is 0. The number of rotatable bonds is 9. The monoisotopic (exact) mass is 376 g/mol. The molecule has 9 nitrogen and oxygen atoms in total. The van der Waals surface area contributed by atoms with Gasteiger partial charge in [-0.05, 0) is 25.8 Å². The zero-order valence-electron chi connectivity index (χ0n) is 15.2. The molecule has 0 radical (unpaired) electrons. The van der Waals surface area contributed by atoms with Gasteiger partial charge in [0, 0.05) is 5.92 Å². The Kier molecular flexibility index (Phi) is 8.75. The predicted octanol–water partition coefficient (Wildman–Crippen LogP) is 0.182. The van der Waals surface area contributed by atoms with Crippen LogP contribution < -0.4 is 16.4 Å². The van der Waals surface area contributed by atoms with Crippen LogP contribution in [0.2, 0.25) is 0 Å². The van der Waals surface area contributed by atoms with Crippen molar-refractivity contribution in [3.8, 4) is 6.07 Å². The fourth-order valence-corrected chi connectivity index (χ4v) is 2.21. The minimum Gasteiger partial charge on any atom is -0.445 e. The number of nitriles is 1. The Balaban J connectivity index is 2.67. The number of aliphatic hydroxyl groups excluding tert-OH is 1. The second-order valence-electron chi connectivity index (χ2n) is 6.15. The summed E-state index contributed by atoms with van der Waals surface area (Å²) in [5, 5.41) is 23.2. The molecule has 5 N–H and O–H groups in total. The fraction of sp³-hybridized carbons (Fsp3) is 0.444. The molecule has 0 aliphatic carbocycles. The lowest BCUT2D eigenvalue weighted by Gasteiger charge is -2.23. The standard InChI is InChI=1S/C18H24N4O5/c1-11(9-19)8-14(16(20)24)21-17(25)15(12(2)23)22-18(26)27-10-13-6-4-3-5-7-13/h3-7,11-12,14-15,23H,8,10H2,1-2H3,(H2,20,24)(H,21,25)(H,22,26)/t11-,12+,14-,15-/m0/s1. The highest BCUT2D eigenvalue weighted by Crippen LogP contribution is 2.06. The molecule has 0 aliphatic heterocycles. The van der Waals surface area contributed by atoms with Crippen molar-refractivity contribution >= 4 is 17.9 Å². The number of alkyl carbamates (subject to hydrolysis) is 1. The molecule has 1 aromatic rings. The minimum absolute atomic E-state index is 0.00951. The molecule has 0 heterocycles. The third kappa shape index (κ3) is 7.75. The first-order valence-electron chi connectivity index (χ1n) is 8.39. The number of hydrogen-bond donors (Lipinski definition) is 4. The molecule has 0 saturated carbocycles. The SMILES string of the molecule is C[C@H](C#N)C[C@H](NC(=O)[C@@H](NC(=O)OCc1ccccc1)[C@@H](C)O)C(N)=O. The van der Waals surface area contributed by atoms with E-state index in [1.54, 1.807) is 31.2 Å². The molecule has 0 fully saturated rings. The van der Waals surface area contributed by atoms with Crippen LogP contribution in [0.15, 0.2) is 30.3 Å². The van der Waals surface area contributed by atoms with Gasteiger partial charge in [-0.25, -0.2) is 4.79 Å². The molecule has 3 amide bonds. The third-order valence-corrected chi connectivity index (χ3v) is 3.72. The molecule has 0 aliphatic rings. The molecular weight excluding hydrogens is 352 g/mol. The lowest BCUT2D eigenvalue weighted by Crippen LogP contribution is -2.56. The van der Waals surface area contributed by atoms with E-state index in [9.17, 15) is 19.5 Å². The summed E-state index contributed by atoms with van der Waals surface area (Å²) in [6.07, 6.45) is -2.14. The van der Waals surface area contributed by atoms with Crippen LogP contribution in [0.25, 0.3) is 0 Å². The van der Waals surface area contributed by atoms with Gasteiger partial charge in [0.1, 0.15) is 18.7 Å². The minimum atomic E-state index is -1.35.